The summed E-state index contributed by atoms with van der Waals surface area (Å²) in [5, 5.41) is 2.68. The van der Waals surface area contributed by atoms with Gasteiger partial charge in [0.2, 0.25) is 5.91 Å². The molecule has 3 unspecified atom stereocenters. The lowest BCUT2D eigenvalue weighted by atomic mass is 9.98. The van der Waals surface area contributed by atoms with Crippen LogP contribution in [0.25, 0.3) is 0 Å². The number of hydrogen-bond donors (Lipinski definition) is 2. The quantitative estimate of drug-likeness (QED) is 0.642. The predicted molar refractivity (Wildman–Crippen MR) is 61.6 cm³/mol. The van der Waals surface area contributed by atoms with E-state index in [2.05, 4.69) is 10.1 Å². The summed E-state index contributed by atoms with van der Waals surface area (Å²) in [5.41, 5.74) is 5.39. The molecule has 0 aliphatic rings. The van der Waals surface area contributed by atoms with Crippen molar-refractivity contribution in [3.63, 3.8) is 0 Å². The van der Waals surface area contributed by atoms with E-state index in [1.54, 1.807) is 6.92 Å². The largest absolute Gasteiger partial charge is 0.467 e. The van der Waals surface area contributed by atoms with Crippen molar-refractivity contribution in [2.75, 3.05) is 13.7 Å². The third-order valence-electron chi connectivity index (χ3n) is 2.77. The van der Waals surface area contributed by atoms with Crippen LogP contribution in [0.15, 0.2) is 0 Å². The van der Waals surface area contributed by atoms with Gasteiger partial charge in [0.1, 0.15) is 6.04 Å². The smallest absolute Gasteiger partial charge is 0.328 e. The normalized spacial score (nSPS) is 16.1. The zero-order valence-electron chi connectivity index (χ0n) is 10.4. The summed E-state index contributed by atoms with van der Waals surface area (Å²) in [7, 11) is 1.32. The highest BCUT2D eigenvalue weighted by molar-refractivity contribution is 5.85. The van der Waals surface area contributed by atoms with E-state index in [9.17, 15) is 9.59 Å². The first-order chi connectivity index (χ1) is 7.47. The van der Waals surface area contributed by atoms with E-state index >= 15 is 0 Å². The number of rotatable bonds is 6. The molecular weight excluding hydrogens is 208 g/mol. The van der Waals surface area contributed by atoms with Crippen LogP contribution in [0.3, 0.4) is 0 Å². The van der Waals surface area contributed by atoms with Gasteiger partial charge in [-0.1, -0.05) is 27.2 Å². The Morgan fingerprint density at radius 1 is 1.38 bits per heavy atom. The van der Waals surface area contributed by atoms with Crippen molar-refractivity contribution in [1.82, 2.24) is 5.32 Å². The molecule has 3 N–H and O–H groups in total. The Balaban J connectivity index is 4.55. The standard InChI is InChI=1S/C11H22N2O3/c1-5-7(2)9(11(15)16-4)13-10(14)8(3)6-12/h7-9H,5-6,12H2,1-4H3,(H,13,14). The maximum absolute atomic E-state index is 11.6. The van der Waals surface area contributed by atoms with Crippen molar-refractivity contribution in [3.05, 3.63) is 0 Å². The van der Waals surface area contributed by atoms with Crippen LogP contribution in [0.4, 0.5) is 0 Å². The Labute approximate surface area is 96.7 Å². The number of nitrogens with one attached hydrogen (secondary N) is 1. The highest BCUT2D eigenvalue weighted by Gasteiger charge is 2.27. The Bertz CT molecular complexity index is 243. The van der Waals surface area contributed by atoms with Gasteiger partial charge in [0.05, 0.1) is 7.11 Å². The molecule has 5 nitrogen and oxygen atoms in total. The number of methoxy groups -OCH3 is 1. The maximum atomic E-state index is 11.6. The Hall–Kier alpha value is -1.10. The molecule has 0 rings (SSSR count). The second-order valence-electron chi connectivity index (χ2n) is 4.03. The van der Waals surface area contributed by atoms with Gasteiger partial charge >= 0.3 is 5.97 Å². The van der Waals surface area contributed by atoms with Gasteiger partial charge in [0.15, 0.2) is 0 Å². The van der Waals surface area contributed by atoms with Crippen LogP contribution in [-0.2, 0) is 14.3 Å². The number of hydrogen-bond acceptors (Lipinski definition) is 4. The summed E-state index contributed by atoms with van der Waals surface area (Å²) in [4.78, 5) is 23.1. The van der Waals surface area contributed by atoms with Crippen molar-refractivity contribution >= 4 is 11.9 Å². The van der Waals surface area contributed by atoms with Gasteiger partial charge in [-0.3, -0.25) is 4.79 Å². The fourth-order valence-corrected chi connectivity index (χ4v) is 1.20. The minimum atomic E-state index is -0.587. The van der Waals surface area contributed by atoms with Crippen molar-refractivity contribution < 1.29 is 14.3 Å². The van der Waals surface area contributed by atoms with Crippen LogP contribution in [0.5, 0.6) is 0 Å². The van der Waals surface area contributed by atoms with Crippen molar-refractivity contribution in [3.8, 4) is 0 Å². The zero-order valence-corrected chi connectivity index (χ0v) is 10.4. The minimum absolute atomic E-state index is 0.0429. The van der Waals surface area contributed by atoms with E-state index in [0.29, 0.717) is 0 Å². The van der Waals surface area contributed by atoms with E-state index in [0.717, 1.165) is 6.42 Å². The van der Waals surface area contributed by atoms with Gasteiger partial charge in [-0.2, -0.15) is 0 Å². The molecular formula is C11H22N2O3. The number of nitrogens with two attached hydrogens (primary N) is 1. The second-order valence-corrected chi connectivity index (χ2v) is 4.03. The molecule has 0 spiro atoms. The molecule has 0 fully saturated rings. The molecule has 0 saturated carbocycles. The monoisotopic (exact) mass is 230 g/mol. The van der Waals surface area contributed by atoms with Crippen LogP contribution in [0.1, 0.15) is 27.2 Å². The van der Waals surface area contributed by atoms with Crippen LogP contribution in [-0.4, -0.2) is 31.6 Å². The van der Waals surface area contributed by atoms with Crippen LogP contribution >= 0.6 is 0 Å². The lowest BCUT2D eigenvalue weighted by molar-refractivity contribution is -0.147. The summed E-state index contributed by atoms with van der Waals surface area (Å²) >= 11 is 0. The van der Waals surface area contributed by atoms with Gasteiger partial charge in [-0.05, 0) is 5.92 Å². The van der Waals surface area contributed by atoms with Gasteiger partial charge in [0.25, 0.3) is 0 Å². The molecule has 0 aliphatic heterocycles. The van der Waals surface area contributed by atoms with Crippen LogP contribution in [0.2, 0.25) is 0 Å². The first kappa shape index (κ1) is 14.9. The van der Waals surface area contributed by atoms with Crippen molar-refractivity contribution in [1.29, 1.82) is 0 Å². The summed E-state index contributed by atoms with van der Waals surface area (Å²) in [6.45, 7) is 5.84. The highest BCUT2D eigenvalue weighted by Crippen LogP contribution is 2.10. The van der Waals surface area contributed by atoms with Gasteiger partial charge in [0, 0.05) is 12.5 Å². The van der Waals surface area contributed by atoms with E-state index in [-0.39, 0.29) is 24.3 Å². The molecule has 1 amide bonds. The first-order valence-electron chi connectivity index (χ1n) is 5.56. The van der Waals surface area contributed by atoms with Gasteiger partial charge in [-0.25, -0.2) is 4.79 Å². The Kier molecular flexibility index (Phi) is 6.72. The number of carbonyl (C=O) groups excluding carboxylic acids is 2. The van der Waals surface area contributed by atoms with E-state index < -0.39 is 12.0 Å². The molecule has 16 heavy (non-hydrogen) atoms. The fraction of sp³-hybridized carbons (Fsp3) is 0.818. The predicted octanol–water partition coefficient (Wildman–Crippen LogP) is 0.285. The molecule has 0 aromatic rings. The molecule has 5 heteroatoms. The van der Waals surface area contributed by atoms with Gasteiger partial charge in [-0.15, -0.1) is 0 Å². The van der Waals surface area contributed by atoms with E-state index in [1.165, 1.54) is 7.11 Å². The lowest BCUT2D eigenvalue weighted by Crippen LogP contribution is -2.48. The van der Waals surface area contributed by atoms with E-state index in [1.807, 2.05) is 13.8 Å². The molecule has 0 saturated heterocycles. The number of esters is 1. The summed E-state index contributed by atoms with van der Waals surface area (Å²) in [6, 6.07) is -0.587. The Morgan fingerprint density at radius 3 is 2.31 bits per heavy atom. The topological polar surface area (TPSA) is 81.4 Å². The Morgan fingerprint density at radius 2 is 1.94 bits per heavy atom. The average molecular weight is 230 g/mol. The summed E-state index contributed by atoms with van der Waals surface area (Å²) < 4.78 is 4.66. The summed E-state index contributed by atoms with van der Waals surface area (Å²) in [6.07, 6.45) is 0.789. The number of carbonyl (C=O) groups is 2. The lowest BCUT2D eigenvalue weighted by Gasteiger charge is -2.23. The molecule has 94 valence electrons. The third-order valence-corrected chi connectivity index (χ3v) is 2.77. The molecule has 0 bridgehead atoms. The van der Waals surface area contributed by atoms with E-state index in [4.69, 9.17) is 5.73 Å². The second kappa shape index (κ2) is 7.22. The first-order valence-corrected chi connectivity index (χ1v) is 5.56. The molecule has 0 aromatic carbocycles. The number of ether oxygens (including phenoxy) is 1. The van der Waals surface area contributed by atoms with Crippen LogP contribution in [0, 0.1) is 11.8 Å². The summed E-state index contributed by atoms with van der Waals surface area (Å²) in [5.74, 6) is -0.872. The molecule has 0 aliphatic carbocycles. The molecule has 0 aromatic heterocycles. The molecule has 3 atom stereocenters. The average Bonchev–Trinajstić information content (AvgIpc) is 2.32. The minimum Gasteiger partial charge on any atom is -0.467 e. The van der Waals surface area contributed by atoms with Gasteiger partial charge < -0.3 is 15.8 Å². The van der Waals surface area contributed by atoms with Crippen molar-refractivity contribution in [2.45, 2.75) is 33.2 Å². The highest BCUT2D eigenvalue weighted by atomic mass is 16.5. The fourth-order valence-electron chi connectivity index (χ4n) is 1.20. The van der Waals surface area contributed by atoms with Crippen molar-refractivity contribution in [2.24, 2.45) is 17.6 Å². The van der Waals surface area contributed by atoms with Crippen LogP contribution < -0.4 is 11.1 Å². The third kappa shape index (κ3) is 4.18. The SMILES string of the molecule is CCC(C)C(NC(=O)C(C)CN)C(=O)OC. The maximum Gasteiger partial charge on any atom is 0.328 e. The molecule has 0 heterocycles. The zero-order chi connectivity index (χ0) is 12.7. The molecule has 0 radical (unpaired) electrons. The number of amides is 1.